The molecule has 6 N–H and O–H groups in total. The zero-order valence-electron chi connectivity index (χ0n) is 16.3. The summed E-state index contributed by atoms with van der Waals surface area (Å²) in [6.07, 6.45) is -7.56. The van der Waals surface area contributed by atoms with Gasteiger partial charge >= 0.3 is 6.09 Å². The number of rotatable bonds is 7. The van der Waals surface area contributed by atoms with E-state index in [-0.39, 0.29) is 6.04 Å². The van der Waals surface area contributed by atoms with Gasteiger partial charge in [-0.15, -0.1) is 0 Å². The van der Waals surface area contributed by atoms with E-state index in [1.807, 2.05) is 30.3 Å². The van der Waals surface area contributed by atoms with Gasteiger partial charge in [0, 0.05) is 6.04 Å². The lowest BCUT2D eigenvalue weighted by Crippen LogP contribution is -2.68. The zero-order valence-corrected chi connectivity index (χ0v) is 16.3. The largest absolute Gasteiger partial charge is 0.465 e. The van der Waals surface area contributed by atoms with Crippen molar-refractivity contribution in [3.8, 4) is 0 Å². The Balaban J connectivity index is 2.10. The Morgan fingerprint density at radius 1 is 1.14 bits per heavy atom. The van der Waals surface area contributed by atoms with Crippen molar-refractivity contribution in [2.45, 2.75) is 63.0 Å². The number of amides is 2. The Labute approximate surface area is 168 Å². The van der Waals surface area contributed by atoms with Crippen LogP contribution >= 0.6 is 0 Å². The summed E-state index contributed by atoms with van der Waals surface area (Å²) in [5, 5.41) is 51.9. The average Bonchev–Trinajstić information content (AvgIpc) is 2.67. The van der Waals surface area contributed by atoms with Gasteiger partial charge in [0.05, 0.1) is 6.61 Å². The highest BCUT2D eigenvalue weighted by atomic mass is 16.6. The molecule has 10 heteroatoms. The summed E-state index contributed by atoms with van der Waals surface area (Å²) in [7, 11) is 0. The molecule has 2 unspecified atom stereocenters. The number of aliphatic hydroxyl groups excluding tert-OH is 4. The van der Waals surface area contributed by atoms with Crippen molar-refractivity contribution in [1.82, 2.24) is 10.2 Å². The molecule has 0 saturated carbocycles. The number of carbonyl (C=O) groups excluding carboxylic acids is 1. The molecule has 1 heterocycles. The molecule has 7 atom stereocenters. The van der Waals surface area contributed by atoms with E-state index in [0.29, 0.717) is 11.3 Å². The van der Waals surface area contributed by atoms with E-state index in [9.17, 15) is 30.0 Å². The first-order valence-electron chi connectivity index (χ1n) is 9.33. The Morgan fingerprint density at radius 2 is 1.76 bits per heavy atom. The normalized spacial score (nSPS) is 29.0. The fraction of sp³-hybridized carbons (Fsp3) is 0.579. The molecule has 0 bridgehead atoms. The van der Waals surface area contributed by atoms with Crippen LogP contribution in [-0.2, 0) is 16.0 Å². The molecule has 1 aliphatic rings. The molecule has 0 radical (unpaired) electrons. The number of ether oxygens (including phenoxy) is 1. The first-order chi connectivity index (χ1) is 13.7. The molecular formula is C19H28N2O8. The van der Waals surface area contributed by atoms with Crippen molar-refractivity contribution in [3.05, 3.63) is 35.9 Å². The molecule has 2 rings (SSSR count). The minimum Gasteiger partial charge on any atom is -0.465 e. The Kier molecular flexibility index (Phi) is 7.94. The molecular weight excluding hydrogens is 384 g/mol. The highest BCUT2D eigenvalue weighted by Gasteiger charge is 2.50. The molecule has 1 saturated heterocycles. The van der Waals surface area contributed by atoms with Crippen molar-refractivity contribution in [1.29, 1.82) is 0 Å². The lowest BCUT2D eigenvalue weighted by Gasteiger charge is -2.45. The van der Waals surface area contributed by atoms with Crippen LogP contribution in [0.3, 0.4) is 0 Å². The van der Waals surface area contributed by atoms with Gasteiger partial charge in [-0.2, -0.15) is 0 Å². The SMILES string of the molecule is CC(C(=O)N[C@@H](C)Cc1ccccc1)N(C(=O)O)[C@H]1C(O)O[C@H](CO)[C@@H](O)[C@@H]1O. The quantitative estimate of drug-likeness (QED) is 0.329. The van der Waals surface area contributed by atoms with Gasteiger partial charge < -0.3 is 35.6 Å². The molecule has 162 valence electrons. The third-order valence-corrected chi connectivity index (χ3v) is 4.98. The molecule has 0 aromatic heterocycles. The van der Waals surface area contributed by atoms with Crippen LogP contribution in [0.5, 0.6) is 0 Å². The number of carbonyl (C=O) groups is 2. The molecule has 1 aliphatic heterocycles. The van der Waals surface area contributed by atoms with Crippen molar-refractivity contribution in [2.24, 2.45) is 0 Å². The second-order valence-electron chi connectivity index (χ2n) is 7.18. The summed E-state index contributed by atoms with van der Waals surface area (Å²) in [6, 6.07) is 6.21. The van der Waals surface area contributed by atoms with E-state index in [4.69, 9.17) is 9.84 Å². The molecule has 1 fully saturated rings. The molecule has 0 aliphatic carbocycles. The fourth-order valence-electron chi connectivity index (χ4n) is 3.44. The van der Waals surface area contributed by atoms with Crippen molar-refractivity contribution >= 4 is 12.0 Å². The predicted octanol–water partition coefficient (Wildman–Crippen LogP) is -1.10. The Bertz CT molecular complexity index is 688. The number of carboxylic acid groups (broad SMARTS) is 1. The van der Waals surface area contributed by atoms with E-state index in [2.05, 4.69) is 5.32 Å². The lowest BCUT2D eigenvalue weighted by atomic mass is 9.95. The zero-order chi connectivity index (χ0) is 21.7. The topological polar surface area (TPSA) is 160 Å². The van der Waals surface area contributed by atoms with Crippen molar-refractivity contribution < 1.29 is 39.9 Å². The number of nitrogens with zero attached hydrogens (tertiary/aromatic N) is 1. The summed E-state index contributed by atoms with van der Waals surface area (Å²) in [5.41, 5.74) is 0.993. The van der Waals surface area contributed by atoms with E-state index < -0.39 is 55.3 Å². The van der Waals surface area contributed by atoms with Crippen LogP contribution in [0.2, 0.25) is 0 Å². The van der Waals surface area contributed by atoms with Gasteiger partial charge in [-0.05, 0) is 25.8 Å². The van der Waals surface area contributed by atoms with Crippen LogP contribution < -0.4 is 5.32 Å². The van der Waals surface area contributed by atoms with Crippen LogP contribution in [0.4, 0.5) is 4.79 Å². The number of benzene rings is 1. The van der Waals surface area contributed by atoms with Gasteiger partial charge in [0.1, 0.15) is 30.4 Å². The monoisotopic (exact) mass is 412 g/mol. The van der Waals surface area contributed by atoms with E-state index in [1.54, 1.807) is 6.92 Å². The average molecular weight is 412 g/mol. The summed E-state index contributed by atoms with van der Waals surface area (Å²) >= 11 is 0. The van der Waals surface area contributed by atoms with E-state index >= 15 is 0 Å². The smallest absolute Gasteiger partial charge is 0.408 e. The maximum atomic E-state index is 12.6. The molecule has 0 spiro atoms. The third kappa shape index (κ3) is 5.43. The highest BCUT2D eigenvalue weighted by molar-refractivity contribution is 5.85. The van der Waals surface area contributed by atoms with E-state index in [0.717, 1.165) is 5.56 Å². The van der Waals surface area contributed by atoms with Crippen LogP contribution in [0.25, 0.3) is 0 Å². The Hall–Kier alpha value is -2.24. The standard InChI is InChI=1S/C19H28N2O8/c1-10(8-12-6-4-3-5-7-12)20-17(25)11(2)21(19(27)28)14-16(24)15(23)13(9-22)29-18(14)26/h3-7,10-11,13-16,18,22-24,26H,8-9H2,1-2H3,(H,20,25)(H,27,28)/t10-,11?,13+,14+,15+,16+,18?/m0/s1. The van der Waals surface area contributed by atoms with Crippen molar-refractivity contribution in [3.63, 3.8) is 0 Å². The second kappa shape index (κ2) is 9.99. The van der Waals surface area contributed by atoms with Gasteiger partial charge in [-0.1, -0.05) is 30.3 Å². The molecule has 10 nitrogen and oxygen atoms in total. The molecule has 2 amide bonds. The van der Waals surface area contributed by atoms with E-state index in [1.165, 1.54) is 6.92 Å². The summed E-state index contributed by atoms with van der Waals surface area (Å²) in [6.45, 7) is 2.40. The number of hydrogen-bond acceptors (Lipinski definition) is 7. The maximum absolute atomic E-state index is 12.6. The molecule has 1 aromatic carbocycles. The second-order valence-corrected chi connectivity index (χ2v) is 7.18. The Morgan fingerprint density at radius 3 is 2.31 bits per heavy atom. The van der Waals surface area contributed by atoms with Crippen LogP contribution in [0.1, 0.15) is 19.4 Å². The summed E-state index contributed by atoms with van der Waals surface area (Å²) < 4.78 is 5.01. The van der Waals surface area contributed by atoms with Gasteiger partial charge in [0.2, 0.25) is 5.91 Å². The minimum absolute atomic E-state index is 0.301. The van der Waals surface area contributed by atoms with Gasteiger partial charge in [0.15, 0.2) is 6.29 Å². The van der Waals surface area contributed by atoms with Gasteiger partial charge in [-0.25, -0.2) is 4.79 Å². The summed E-state index contributed by atoms with van der Waals surface area (Å²) in [5.74, 6) is -0.631. The highest BCUT2D eigenvalue weighted by Crippen LogP contribution is 2.26. The molecule has 29 heavy (non-hydrogen) atoms. The number of nitrogens with one attached hydrogen (secondary N) is 1. The fourth-order valence-corrected chi connectivity index (χ4v) is 3.44. The third-order valence-electron chi connectivity index (χ3n) is 4.98. The number of aliphatic hydroxyl groups is 4. The maximum Gasteiger partial charge on any atom is 0.408 e. The predicted molar refractivity (Wildman–Crippen MR) is 101 cm³/mol. The number of hydrogen-bond donors (Lipinski definition) is 6. The van der Waals surface area contributed by atoms with Crippen LogP contribution in [0, 0.1) is 0 Å². The van der Waals surface area contributed by atoms with Crippen LogP contribution in [0.15, 0.2) is 30.3 Å². The van der Waals surface area contributed by atoms with Gasteiger partial charge in [-0.3, -0.25) is 9.69 Å². The first-order valence-corrected chi connectivity index (χ1v) is 9.33. The first kappa shape index (κ1) is 23.0. The van der Waals surface area contributed by atoms with Crippen LogP contribution in [-0.4, -0.2) is 91.8 Å². The van der Waals surface area contributed by atoms with Gasteiger partial charge in [0.25, 0.3) is 0 Å². The molecule has 1 aromatic rings. The minimum atomic E-state index is -1.83. The summed E-state index contributed by atoms with van der Waals surface area (Å²) in [4.78, 5) is 25.0. The lowest BCUT2D eigenvalue weighted by molar-refractivity contribution is -0.270. The van der Waals surface area contributed by atoms with Crippen molar-refractivity contribution in [2.75, 3.05) is 6.61 Å².